The Hall–Kier alpha value is -3.04. The fourth-order valence-corrected chi connectivity index (χ4v) is 3.23. The molecule has 0 aliphatic carbocycles. The van der Waals surface area contributed by atoms with Gasteiger partial charge in [-0.3, -0.25) is 9.59 Å². The van der Waals surface area contributed by atoms with E-state index in [4.69, 9.17) is 16.9 Å². The molecule has 0 saturated carbocycles. The van der Waals surface area contributed by atoms with Crippen LogP contribution >= 0.6 is 11.6 Å². The number of nitriles is 1. The molecule has 27 heavy (non-hydrogen) atoms. The number of fused-ring (bicyclic) bond motifs is 1. The second-order valence-electron chi connectivity index (χ2n) is 6.91. The van der Waals surface area contributed by atoms with Crippen molar-refractivity contribution in [3.63, 3.8) is 0 Å². The SMILES string of the molecule is Cn1cc(C(=O)NC(C)(C)c2ccc(Cl)cc2)c2c(=O)n(CC#N)ccc21. The minimum atomic E-state index is -0.662. The molecule has 0 radical (unpaired) electrons. The number of pyridine rings is 1. The number of nitrogens with zero attached hydrogens (tertiary/aromatic N) is 3. The lowest BCUT2D eigenvalue weighted by molar-refractivity contribution is 0.0913. The maximum Gasteiger partial charge on any atom is 0.261 e. The van der Waals surface area contributed by atoms with Gasteiger partial charge >= 0.3 is 0 Å². The topological polar surface area (TPSA) is 79.8 Å². The molecule has 3 aromatic rings. The first-order valence-electron chi connectivity index (χ1n) is 8.38. The lowest BCUT2D eigenvalue weighted by Crippen LogP contribution is -2.41. The van der Waals surface area contributed by atoms with Crippen LogP contribution in [0, 0.1) is 11.3 Å². The predicted molar refractivity (Wildman–Crippen MR) is 105 cm³/mol. The Bertz CT molecular complexity index is 1120. The average Bonchev–Trinajstić information content (AvgIpc) is 2.95. The van der Waals surface area contributed by atoms with E-state index in [9.17, 15) is 9.59 Å². The van der Waals surface area contributed by atoms with Crippen LogP contribution in [0.3, 0.4) is 0 Å². The summed E-state index contributed by atoms with van der Waals surface area (Å²) in [5.41, 5.74) is 0.798. The van der Waals surface area contributed by atoms with Gasteiger partial charge in [-0.2, -0.15) is 5.26 Å². The quantitative estimate of drug-likeness (QED) is 0.752. The number of rotatable bonds is 4. The third-order valence-electron chi connectivity index (χ3n) is 4.59. The van der Waals surface area contributed by atoms with Gasteiger partial charge in [-0.25, -0.2) is 0 Å². The highest BCUT2D eigenvalue weighted by atomic mass is 35.5. The molecule has 0 atom stereocenters. The van der Waals surface area contributed by atoms with E-state index in [1.54, 1.807) is 42.2 Å². The number of aryl methyl sites for hydroxylation is 1. The van der Waals surface area contributed by atoms with E-state index in [0.29, 0.717) is 15.9 Å². The summed E-state index contributed by atoms with van der Waals surface area (Å²) < 4.78 is 3.03. The Morgan fingerprint density at radius 1 is 1.26 bits per heavy atom. The van der Waals surface area contributed by atoms with Crippen molar-refractivity contribution in [2.75, 3.05) is 0 Å². The average molecular weight is 383 g/mol. The molecule has 0 aliphatic rings. The van der Waals surface area contributed by atoms with E-state index in [-0.39, 0.29) is 23.6 Å². The molecule has 6 nitrogen and oxygen atoms in total. The van der Waals surface area contributed by atoms with E-state index in [0.717, 1.165) is 5.56 Å². The standard InChI is InChI=1S/C20H19ClN4O2/c1-20(2,13-4-6-14(21)7-5-13)23-18(26)15-12-24(3)16-8-10-25(11-9-22)19(27)17(15)16/h4-8,10,12H,11H2,1-3H3,(H,23,26). The Balaban J connectivity index is 2.03. The lowest BCUT2D eigenvalue weighted by Gasteiger charge is -2.27. The molecule has 0 aliphatic heterocycles. The van der Waals surface area contributed by atoms with Crippen molar-refractivity contribution in [3.05, 3.63) is 69.2 Å². The normalized spacial score (nSPS) is 11.4. The molecule has 0 bridgehead atoms. The van der Waals surface area contributed by atoms with Crippen LogP contribution in [0.25, 0.3) is 10.9 Å². The van der Waals surface area contributed by atoms with Gasteiger partial charge in [0.2, 0.25) is 0 Å². The smallest absolute Gasteiger partial charge is 0.261 e. The van der Waals surface area contributed by atoms with Crippen LogP contribution in [0.15, 0.2) is 47.5 Å². The number of carbonyl (C=O) groups excluding carboxylic acids is 1. The zero-order valence-electron chi connectivity index (χ0n) is 15.3. The summed E-state index contributed by atoms with van der Waals surface area (Å²) in [6, 6.07) is 10.9. The molecule has 1 N–H and O–H groups in total. The van der Waals surface area contributed by atoms with E-state index < -0.39 is 5.54 Å². The number of halogens is 1. The molecular weight excluding hydrogens is 364 g/mol. The summed E-state index contributed by atoms with van der Waals surface area (Å²) >= 11 is 5.94. The second-order valence-corrected chi connectivity index (χ2v) is 7.34. The van der Waals surface area contributed by atoms with Crippen molar-refractivity contribution in [1.29, 1.82) is 5.26 Å². The highest BCUT2D eigenvalue weighted by Gasteiger charge is 2.26. The van der Waals surface area contributed by atoms with Gasteiger partial charge < -0.3 is 14.5 Å². The van der Waals surface area contributed by atoms with Gasteiger partial charge in [0.15, 0.2) is 0 Å². The fourth-order valence-electron chi connectivity index (χ4n) is 3.10. The van der Waals surface area contributed by atoms with Gasteiger partial charge in [-0.05, 0) is 37.6 Å². The summed E-state index contributed by atoms with van der Waals surface area (Å²) in [4.78, 5) is 25.7. The van der Waals surface area contributed by atoms with Crippen LogP contribution in [0.4, 0.5) is 0 Å². The van der Waals surface area contributed by atoms with Crippen LogP contribution in [0.5, 0.6) is 0 Å². The Labute approximate surface area is 161 Å². The van der Waals surface area contributed by atoms with Crippen molar-refractivity contribution in [2.45, 2.75) is 25.9 Å². The first-order valence-corrected chi connectivity index (χ1v) is 8.76. The van der Waals surface area contributed by atoms with Crippen molar-refractivity contribution in [2.24, 2.45) is 7.05 Å². The zero-order valence-corrected chi connectivity index (χ0v) is 16.0. The van der Waals surface area contributed by atoms with Crippen LogP contribution in [-0.4, -0.2) is 15.0 Å². The third-order valence-corrected chi connectivity index (χ3v) is 4.84. The number of hydrogen-bond acceptors (Lipinski definition) is 3. The van der Waals surface area contributed by atoms with Gasteiger partial charge in [0.1, 0.15) is 6.54 Å². The fraction of sp³-hybridized carbons (Fsp3) is 0.250. The van der Waals surface area contributed by atoms with Crippen molar-refractivity contribution in [3.8, 4) is 6.07 Å². The molecule has 3 rings (SSSR count). The molecule has 0 fully saturated rings. The molecule has 2 heterocycles. The second kappa shape index (κ2) is 6.93. The molecule has 0 unspecified atom stereocenters. The summed E-state index contributed by atoms with van der Waals surface area (Å²) in [5, 5.41) is 12.8. The third kappa shape index (κ3) is 3.46. The van der Waals surface area contributed by atoms with E-state index in [1.807, 2.05) is 32.0 Å². The van der Waals surface area contributed by atoms with Crippen LogP contribution in [0.1, 0.15) is 29.8 Å². The van der Waals surface area contributed by atoms with Crippen LogP contribution < -0.4 is 10.9 Å². The molecule has 1 amide bonds. The van der Waals surface area contributed by atoms with Gasteiger partial charge in [0, 0.05) is 24.5 Å². The van der Waals surface area contributed by atoms with Crippen LogP contribution in [0.2, 0.25) is 5.02 Å². The monoisotopic (exact) mass is 382 g/mol. The highest BCUT2D eigenvalue weighted by molar-refractivity contribution is 6.30. The first-order chi connectivity index (χ1) is 12.7. The summed E-state index contributed by atoms with van der Waals surface area (Å²) in [6.07, 6.45) is 3.20. The minimum absolute atomic E-state index is 0.0685. The van der Waals surface area contributed by atoms with E-state index in [1.165, 1.54) is 4.57 Å². The van der Waals surface area contributed by atoms with Gasteiger partial charge in [-0.15, -0.1) is 0 Å². The Morgan fingerprint density at radius 2 is 1.93 bits per heavy atom. The summed E-state index contributed by atoms with van der Waals surface area (Å²) in [7, 11) is 1.78. The lowest BCUT2D eigenvalue weighted by atomic mass is 9.94. The van der Waals surface area contributed by atoms with Gasteiger partial charge in [0.05, 0.1) is 28.1 Å². The molecule has 0 saturated heterocycles. The minimum Gasteiger partial charge on any atom is -0.350 e. The largest absolute Gasteiger partial charge is 0.350 e. The Morgan fingerprint density at radius 3 is 2.56 bits per heavy atom. The number of nitrogens with one attached hydrogen (secondary N) is 1. The number of carbonyl (C=O) groups is 1. The maximum absolute atomic E-state index is 13.0. The van der Waals surface area contributed by atoms with Gasteiger partial charge in [0.25, 0.3) is 11.5 Å². The number of hydrogen-bond donors (Lipinski definition) is 1. The van der Waals surface area contributed by atoms with Gasteiger partial charge in [-0.1, -0.05) is 23.7 Å². The molecule has 7 heteroatoms. The molecule has 2 aromatic heterocycles. The number of benzene rings is 1. The van der Waals surface area contributed by atoms with Crippen molar-refractivity contribution < 1.29 is 4.79 Å². The van der Waals surface area contributed by atoms with Crippen LogP contribution in [-0.2, 0) is 19.1 Å². The highest BCUT2D eigenvalue weighted by Crippen LogP contribution is 2.24. The predicted octanol–water partition coefficient (Wildman–Crippen LogP) is 3.18. The molecule has 138 valence electrons. The zero-order chi connectivity index (χ0) is 19.8. The molecule has 1 aromatic carbocycles. The Kier molecular flexibility index (Phi) is 4.81. The maximum atomic E-state index is 13.0. The molecular formula is C20H19ClN4O2. The van der Waals surface area contributed by atoms with Crippen molar-refractivity contribution in [1.82, 2.24) is 14.5 Å². The summed E-state index contributed by atoms with van der Waals surface area (Å²) in [6.45, 7) is 3.70. The van der Waals surface area contributed by atoms with Crippen molar-refractivity contribution >= 4 is 28.4 Å². The summed E-state index contributed by atoms with van der Waals surface area (Å²) in [5.74, 6) is -0.354. The van der Waals surface area contributed by atoms with E-state index >= 15 is 0 Å². The number of aromatic nitrogens is 2. The van der Waals surface area contributed by atoms with E-state index in [2.05, 4.69) is 5.32 Å². The number of amides is 1. The first kappa shape index (κ1) is 18.7. The molecule has 0 spiro atoms.